The first kappa shape index (κ1) is 10.9. The van der Waals surface area contributed by atoms with Gasteiger partial charge >= 0.3 is 5.97 Å². The number of aromatic nitrogens is 4. The number of hydrogen-bond donors (Lipinski definition) is 1. The van der Waals surface area contributed by atoms with Gasteiger partial charge in [-0.15, -0.1) is 0 Å². The van der Waals surface area contributed by atoms with Gasteiger partial charge in [0.25, 0.3) is 0 Å². The fraction of sp³-hybridized carbons (Fsp3) is 0.100. The van der Waals surface area contributed by atoms with Gasteiger partial charge in [-0.3, -0.25) is 4.79 Å². The summed E-state index contributed by atoms with van der Waals surface area (Å²) in [5, 5.41) is 12.7. The number of nitrogens with zero attached hydrogens (tertiary/aromatic N) is 4. The van der Waals surface area contributed by atoms with E-state index in [1.807, 2.05) is 0 Å². The fourth-order valence-electron chi connectivity index (χ4n) is 1.30. The van der Waals surface area contributed by atoms with E-state index in [-0.39, 0.29) is 11.4 Å². The van der Waals surface area contributed by atoms with Crippen LogP contribution in [-0.2, 0) is 0 Å². The lowest BCUT2D eigenvalue weighted by Gasteiger charge is -1.98. The molecule has 0 saturated heterocycles. The molecule has 0 amide bonds. The van der Waals surface area contributed by atoms with Crippen LogP contribution >= 0.6 is 0 Å². The summed E-state index contributed by atoms with van der Waals surface area (Å²) in [7, 11) is 0. The quantitative estimate of drug-likeness (QED) is 0.773. The fourth-order valence-corrected chi connectivity index (χ4v) is 1.30. The Labute approximate surface area is 95.7 Å². The maximum Gasteiger partial charge on any atom is 0.356 e. The van der Waals surface area contributed by atoms with E-state index < -0.39 is 5.97 Å². The molecule has 7 heteroatoms. The topological polar surface area (TPSA) is 98.0 Å². The normalized spacial score (nSPS) is 10.2. The number of carbonyl (C=O) groups is 2. The highest BCUT2D eigenvalue weighted by Gasteiger charge is 2.13. The van der Waals surface area contributed by atoms with Crippen molar-refractivity contribution in [3.8, 4) is 5.82 Å². The first-order valence-corrected chi connectivity index (χ1v) is 4.69. The van der Waals surface area contributed by atoms with Crippen molar-refractivity contribution in [3.05, 3.63) is 35.5 Å². The molecule has 0 spiro atoms. The van der Waals surface area contributed by atoms with Crippen molar-refractivity contribution >= 4 is 12.3 Å². The van der Waals surface area contributed by atoms with Crippen molar-refractivity contribution in [2.45, 2.75) is 6.92 Å². The number of aryl methyl sites for hydroxylation is 1. The van der Waals surface area contributed by atoms with E-state index in [0.717, 1.165) is 0 Å². The molecular weight excluding hydrogens is 224 g/mol. The highest BCUT2D eigenvalue weighted by Crippen LogP contribution is 2.09. The van der Waals surface area contributed by atoms with E-state index in [2.05, 4.69) is 15.1 Å². The molecule has 0 aliphatic carbocycles. The van der Waals surface area contributed by atoms with Crippen LogP contribution in [0.2, 0.25) is 0 Å². The number of carbonyl (C=O) groups excluding carboxylic acids is 1. The molecule has 0 unspecified atom stereocenters. The van der Waals surface area contributed by atoms with Gasteiger partial charge in [-0.05, 0) is 6.92 Å². The summed E-state index contributed by atoms with van der Waals surface area (Å²) in [4.78, 5) is 29.0. The van der Waals surface area contributed by atoms with Gasteiger partial charge in [-0.2, -0.15) is 5.10 Å². The van der Waals surface area contributed by atoms with E-state index in [0.29, 0.717) is 17.7 Å². The molecule has 2 aromatic rings. The van der Waals surface area contributed by atoms with Crippen molar-refractivity contribution in [2.24, 2.45) is 0 Å². The Balaban J connectivity index is 2.42. The van der Waals surface area contributed by atoms with Crippen molar-refractivity contribution in [3.63, 3.8) is 0 Å². The van der Waals surface area contributed by atoms with Crippen LogP contribution in [0, 0.1) is 6.92 Å². The Kier molecular flexibility index (Phi) is 2.65. The third-order valence-corrected chi connectivity index (χ3v) is 2.11. The molecule has 0 saturated carbocycles. The average Bonchev–Trinajstić information content (AvgIpc) is 2.71. The predicted octanol–water partition coefficient (Wildman–Crippen LogP) is 0.481. The third kappa shape index (κ3) is 2.03. The molecule has 0 aliphatic heterocycles. The first-order valence-electron chi connectivity index (χ1n) is 4.69. The SMILES string of the molecule is Cc1cn(-c2cnc(C=O)cn2)nc1C(=O)O. The summed E-state index contributed by atoms with van der Waals surface area (Å²) < 4.78 is 1.31. The van der Waals surface area contributed by atoms with E-state index in [1.165, 1.54) is 23.3 Å². The molecule has 0 bridgehead atoms. The van der Waals surface area contributed by atoms with Crippen LogP contribution in [0.15, 0.2) is 18.6 Å². The minimum atomic E-state index is -1.10. The summed E-state index contributed by atoms with van der Waals surface area (Å²) >= 11 is 0. The van der Waals surface area contributed by atoms with E-state index in [1.54, 1.807) is 6.92 Å². The van der Waals surface area contributed by atoms with Crippen LogP contribution in [0.4, 0.5) is 0 Å². The number of hydrogen-bond acceptors (Lipinski definition) is 5. The second-order valence-corrected chi connectivity index (χ2v) is 3.33. The standard InChI is InChI=1S/C10H8N4O3/c1-6-4-14(13-9(6)10(16)17)8-3-11-7(5-15)2-12-8/h2-5H,1H3,(H,16,17). The summed E-state index contributed by atoms with van der Waals surface area (Å²) in [6.07, 6.45) is 4.75. The monoisotopic (exact) mass is 232 g/mol. The van der Waals surface area contributed by atoms with Crippen molar-refractivity contribution < 1.29 is 14.7 Å². The highest BCUT2D eigenvalue weighted by atomic mass is 16.4. The zero-order chi connectivity index (χ0) is 12.4. The number of carboxylic acid groups (broad SMARTS) is 1. The lowest BCUT2D eigenvalue weighted by molar-refractivity contribution is 0.0689. The van der Waals surface area contributed by atoms with Crippen LogP contribution in [0.1, 0.15) is 26.5 Å². The van der Waals surface area contributed by atoms with Crippen LogP contribution in [0.25, 0.3) is 5.82 Å². The molecule has 2 rings (SSSR count). The van der Waals surface area contributed by atoms with Gasteiger partial charge in [0.05, 0.1) is 12.4 Å². The molecule has 0 radical (unpaired) electrons. The molecule has 0 atom stereocenters. The maximum absolute atomic E-state index is 10.8. The van der Waals surface area contributed by atoms with Crippen LogP contribution in [-0.4, -0.2) is 37.1 Å². The largest absolute Gasteiger partial charge is 0.476 e. The number of aromatic carboxylic acids is 1. The molecule has 0 aromatic carbocycles. The molecule has 17 heavy (non-hydrogen) atoms. The second-order valence-electron chi connectivity index (χ2n) is 3.33. The van der Waals surface area contributed by atoms with Gasteiger partial charge in [0, 0.05) is 11.8 Å². The maximum atomic E-state index is 10.8. The molecular formula is C10H8N4O3. The van der Waals surface area contributed by atoms with Gasteiger partial charge < -0.3 is 5.11 Å². The summed E-state index contributed by atoms with van der Waals surface area (Å²) in [6.45, 7) is 1.64. The van der Waals surface area contributed by atoms with Gasteiger partial charge in [0.15, 0.2) is 17.8 Å². The van der Waals surface area contributed by atoms with Crippen molar-refractivity contribution in [1.82, 2.24) is 19.7 Å². The molecule has 1 N–H and O–H groups in total. The van der Waals surface area contributed by atoms with Crippen molar-refractivity contribution in [1.29, 1.82) is 0 Å². The second kappa shape index (κ2) is 4.12. The third-order valence-electron chi connectivity index (χ3n) is 2.11. The van der Waals surface area contributed by atoms with Gasteiger partial charge in [0.1, 0.15) is 5.69 Å². The van der Waals surface area contributed by atoms with Gasteiger partial charge in [-0.25, -0.2) is 19.4 Å². The molecule has 2 heterocycles. The van der Waals surface area contributed by atoms with Gasteiger partial charge in [0.2, 0.25) is 0 Å². The molecule has 0 fully saturated rings. The Morgan fingerprint density at radius 2 is 2.18 bits per heavy atom. The summed E-state index contributed by atoms with van der Waals surface area (Å²) in [5.41, 5.74) is 0.695. The molecule has 0 aliphatic rings. The number of rotatable bonds is 3. The van der Waals surface area contributed by atoms with E-state index in [4.69, 9.17) is 5.11 Å². The predicted molar refractivity (Wildman–Crippen MR) is 56.2 cm³/mol. The Hall–Kier alpha value is -2.57. The Bertz CT molecular complexity index is 574. The summed E-state index contributed by atoms with van der Waals surface area (Å²) in [6, 6.07) is 0. The van der Waals surface area contributed by atoms with Crippen molar-refractivity contribution in [2.75, 3.05) is 0 Å². The number of carboxylic acids is 1. The smallest absolute Gasteiger partial charge is 0.356 e. The zero-order valence-electron chi connectivity index (χ0n) is 8.86. The first-order chi connectivity index (χ1) is 8.11. The summed E-state index contributed by atoms with van der Waals surface area (Å²) in [5.74, 6) is -0.745. The molecule has 86 valence electrons. The van der Waals surface area contributed by atoms with Crippen LogP contribution in [0.3, 0.4) is 0 Å². The lowest BCUT2D eigenvalue weighted by Crippen LogP contribution is -2.04. The highest BCUT2D eigenvalue weighted by molar-refractivity contribution is 5.86. The van der Waals surface area contributed by atoms with E-state index >= 15 is 0 Å². The van der Waals surface area contributed by atoms with Crippen LogP contribution in [0.5, 0.6) is 0 Å². The van der Waals surface area contributed by atoms with E-state index in [9.17, 15) is 9.59 Å². The lowest BCUT2D eigenvalue weighted by atomic mass is 10.3. The average molecular weight is 232 g/mol. The number of aldehydes is 1. The molecule has 2 aromatic heterocycles. The minimum absolute atomic E-state index is 0.0359. The minimum Gasteiger partial charge on any atom is -0.476 e. The zero-order valence-corrected chi connectivity index (χ0v) is 8.86. The Morgan fingerprint density at radius 3 is 2.65 bits per heavy atom. The van der Waals surface area contributed by atoms with Gasteiger partial charge in [-0.1, -0.05) is 0 Å². The molecule has 7 nitrogen and oxygen atoms in total. The Morgan fingerprint density at radius 1 is 1.41 bits per heavy atom. The van der Waals surface area contributed by atoms with Crippen LogP contribution < -0.4 is 0 Å².